The number of aromatic nitrogens is 4. The molecule has 0 spiro atoms. The van der Waals surface area contributed by atoms with Crippen LogP contribution in [0.4, 0.5) is 5.82 Å². The SMILES string of the molecule is Cc1ccc(OCCCCC(C)(C)O)cc1-c1cc(NC(=O)c2nnc(CC3CCCCC3)[nH]2)ncc1Cl. The first kappa shape index (κ1) is 28.0. The number of pyridine rings is 1. The van der Waals surface area contributed by atoms with Crippen LogP contribution in [-0.2, 0) is 6.42 Å². The van der Waals surface area contributed by atoms with Gasteiger partial charge in [-0.2, -0.15) is 0 Å². The number of benzene rings is 1. The molecule has 1 saturated carbocycles. The van der Waals surface area contributed by atoms with E-state index in [0.29, 0.717) is 23.4 Å². The molecule has 0 saturated heterocycles. The molecule has 0 radical (unpaired) electrons. The van der Waals surface area contributed by atoms with Crippen molar-refractivity contribution < 1.29 is 14.6 Å². The number of anilines is 1. The Hall–Kier alpha value is -2.97. The van der Waals surface area contributed by atoms with Crippen LogP contribution >= 0.6 is 11.6 Å². The zero-order valence-electron chi connectivity index (χ0n) is 22.5. The first-order valence-electron chi connectivity index (χ1n) is 13.5. The van der Waals surface area contributed by atoms with Crippen molar-refractivity contribution in [2.24, 2.45) is 5.92 Å². The molecule has 8 nitrogen and oxygen atoms in total. The number of nitrogens with one attached hydrogen (secondary N) is 2. The number of hydrogen-bond acceptors (Lipinski definition) is 6. The van der Waals surface area contributed by atoms with Gasteiger partial charge in [-0.3, -0.25) is 4.79 Å². The summed E-state index contributed by atoms with van der Waals surface area (Å²) in [6.45, 7) is 6.19. The number of H-pyrrole nitrogens is 1. The van der Waals surface area contributed by atoms with Gasteiger partial charge in [0.05, 0.1) is 17.2 Å². The molecular formula is C29H38ClN5O3. The van der Waals surface area contributed by atoms with Gasteiger partial charge in [-0.15, -0.1) is 10.2 Å². The number of ether oxygens (including phenoxy) is 1. The molecule has 1 aliphatic carbocycles. The molecule has 2 aromatic heterocycles. The summed E-state index contributed by atoms with van der Waals surface area (Å²) in [5, 5.41) is 21.4. The van der Waals surface area contributed by atoms with Crippen LogP contribution in [0.25, 0.3) is 11.1 Å². The normalized spacial score (nSPS) is 14.4. The molecule has 2 heterocycles. The number of aliphatic hydroxyl groups is 1. The Labute approximate surface area is 229 Å². The fourth-order valence-corrected chi connectivity index (χ4v) is 5.08. The van der Waals surface area contributed by atoms with Gasteiger partial charge in [0.1, 0.15) is 17.4 Å². The monoisotopic (exact) mass is 539 g/mol. The van der Waals surface area contributed by atoms with Gasteiger partial charge in [-0.1, -0.05) is 49.8 Å². The van der Waals surface area contributed by atoms with Gasteiger partial charge in [0.25, 0.3) is 5.91 Å². The van der Waals surface area contributed by atoms with Gasteiger partial charge in [0.15, 0.2) is 0 Å². The Balaban J connectivity index is 1.40. The fraction of sp³-hybridized carbons (Fsp3) is 0.517. The number of carbonyl (C=O) groups is 1. The summed E-state index contributed by atoms with van der Waals surface area (Å²) in [6, 6.07) is 7.63. The van der Waals surface area contributed by atoms with Crippen molar-refractivity contribution in [3.05, 3.63) is 52.7 Å². The van der Waals surface area contributed by atoms with Crippen molar-refractivity contribution >= 4 is 23.3 Å². The summed E-state index contributed by atoms with van der Waals surface area (Å²) in [5.41, 5.74) is 2.01. The quantitative estimate of drug-likeness (QED) is 0.239. The maximum atomic E-state index is 12.9. The molecule has 1 aliphatic rings. The minimum absolute atomic E-state index is 0.172. The summed E-state index contributed by atoms with van der Waals surface area (Å²) in [4.78, 5) is 20.2. The van der Waals surface area contributed by atoms with E-state index in [1.54, 1.807) is 6.07 Å². The van der Waals surface area contributed by atoms with Crippen LogP contribution in [0, 0.1) is 12.8 Å². The van der Waals surface area contributed by atoms with Gasteiger partial charge in [0, 0.05) is 18.2 Å². The molecule has 38 heavy (non-hydrogen) atoms. The van der Waals surface area contributed by atoms with E-state index < -0.39 is 11.5 Å². The van der Waals surface area contributed by atoms with Crippen LogP contribution in [0.1, 0.15) is 87.2 Å². The van der Waals surface area contributed by atoms with E-state index in [1.807, 2.05) is 39.0 Å². The van der Waals surface area contributed by atoms with Crippen molar-refractivity contribution in [1.82, 2.24) is 20.2 Å². The average Bonchev–Trinajstić information content (AvgIpc) is 3.34. The average molecular weight is 540 g/mol. The van der Waals surface area contributed by atoms with Crippen LogP contribution in [-0.4, -0.2) is 43.4 Å². The molecule has 0 atom stereocenters. The van der Waals surface area contributed by atoms with Gasteiger partial charge < -0.3 is 20.1 Å². The highest BCUT2D eigenvalue weighted by molar-refractivity contribution is 6.33. The Morgan fingerprint density at radius 1 is 1.16 bits per heavy atom. The van der Waals surface area contributed by atoms with Crippen molar-refractivity contribution in [2.75, 3.05) is 11.9 Å². The second kappa shape index (κ2) is 12.7. The first-order chi connectivity index (χ1) is 18.2. The van der Waals surface area contributed by atoms with Crippen molar-refractivity contribution in [3.8, 4) is 16.9 Å². The predicted octanol–water partition coefficient (Wildman–Crippen LogP) is 6.52. The van der Waals surface area contributed by atoms with Crippen molar-refractivity contribution in [1.29, 1.82) is 0 Å². The van der Waals surface area contributed by atoms with E-state index in [0.717, 1.165) is 53.9 Å². The van der Waals surface area contributed by atoms with Crippen LogP contribution < -0.4 is 10.1 Å². The van der Waals surface area contributed by atoms with Gasteiger partial charge >= 0.3 is 0 Å². The molecule has 0 unspecified atom stereocenters. The largest absolute Gasteiger partial charge is 0.494 e. The minimum Gasteiger partial charge on any atom is -0.494 e. The van der Waals surface area contributed by atoms with E-state index in [1.165, 1.54) is 38.3 Å². The lowest BCUT2D eigenvalue weighted by molar-refractivity contribution is 0.0670. The number of unbranched alkanes of at least 4 members (excludes halogenated alkanes) is 1. The van der Waals surface area contributed by atoms with Gasteiger partial charge in [-0.05, 0) is 75.3 Å². The summed E-state index contributed by atoms with van der Waals surface area (Å²) in [7, 11) is 0. The summed E-state index contributed by atoms with van der Waals surface area (Å²) >= 11 is 6.52. The summed E-state index contributed by atoms with van der Waals surface area (Å²) < 4.78 is 5.96. The van der Waals surface area contributed by atoms with Crippen molar-refractivity contribution in [2.45, 2.75) is 84.2 Å². The lowest BCUT2D eigenvalue weighted by Crippen LogP contribution is -2.18. The van der Waals surface area contributed by atoms with E-state index >= 15 is 0 Å². The van der Waals surface area contributed by atoms with E-state index in [4.69, 9.17) is 16.3 Å². The maximum Gasteiger partial charge on any atom is 0.294 e. The van der Waals surface area contributed by atoms with Crippen molar-refractivity contribution in [3.63, 3.8) is 0 Å². The van der Waals surface area contributed by atoms with Crippen LogP contribution in [0.5, 0.6) is 5.75 Å². The third-order valence-corrected chi connectivity index (χ3v) is 7.30. The number of carbonyl (C=O) groups excluding carboxylic acids is 1. The lowest BCUT2D eigenvalue weighted by Gasteiger charge is -2.19. The maximum absolute atomic E-state index is 12.9. The Morgan fingerprint density at radius 2 is 1.95 bits per heavy atom. The van der Waals surface area contributed by atoms with E-state index in [-0.39, 0.29) is 5.82 Å². The van der Waals surface area contributed by atoms with E-state index in [2.05, 4.69) is 25.5 Å². The molecule has 204 valence electrons. The number of rotatable bonds is 11. The third kappa shape index (κ3) is 8.01. The number of amides is 1. The van der Waals surface area contributed by atoms with E-state index in [9.17, 15) is 9.90 Å². The lowest BCUT2D eigenvalue weighted by atomic mass is 9.87. The second-order valence-corrected chi connectivity index (χ2v) is 11.3. The molecule has 0 aliphatic heterocycles. The standard InChI is InChI=1S/C29H38ClN5O3/c1-19-11-12-21(38-14-8-7-13-29(2,3)37)16-22(19)23-17-25(31-18-24(23)30)33-28(36)27-32-26(34-35-27)15-20-9-5-4-6-10-20/h11-12,16-18,20,37H,4-10,13-15H2,1-3H3,(H,31,33,36)(H,32,34,35). The Bertz CT molecular complexity index is 1230. The molecule has 1 fully saturated rings. The second-order valence-electron chi connectivity index (χ2n) is 10.9. The zero-order valence-corrected chi connectivity index (χ0v) is 23.3. The first-order valence-corrected chi connectivity index (χ1v) is 13.9. The van der Waals surface area contributed by atoms with Crippen LogP contribution in [0.2, 0.25) is 5.02 Å². The van der Waals surface area contributed by atoms with Crippen LogP contribution in [0.3, 0.4) is 0 Å². The van der Waals surface area contributed by atoms with Gasteiger partial charge in [-0.25, -0.2) is 4.98 Å². The third-order valence-electron chi connectivity index (χ3n) is 7.00. The highest BCUT2D eigenvalue weighted by Gasteiger charge is 2.19. The topological polar surface area (TPSA) is 113 Å². The molecule has 1 amide bonds. The summed E-state index contributed by atoms with van der Waals surface area (Å²) in [5.74, 6) is 2.23. The number of aryl methyl sites for hydroxylation is 1. The summed E-state index contributed by atoms with van der Waals surface area (Å²) in [6.07, 6.45) is 11.0. The Morgan fingerprint density at radius 3 is 2.71 bits per heavy atom. The molecule has 3 aromatic rings. The molecule has 4 rings (SSSR count). The molecular weight excluding hydrogens is 502 g/mol. The number of hydrogen-bond donors (Lipinski definition) is 3. The predicted molar refractivity (Wildman–Crippen MR) is 150 cm³/mol. The molecule has 3 N–H and O–H groups in total. The highest BCUT2D eigenvalue weighted by Crippen LogP contribution is 2.34. The number of aromatic amines is 1. The fourth-order valence-electron chi connectivity index (χ4n) is 4.88. The zero-order chi connectivity index (χ0) is 27.1. The number of halogens is 1. The molecule has 9 heteroatoms. The Kier molecular flexibility index (Phi) is 9.39. The van der Waals surface area contributed by atoms with Gasteiger partial charge in [0.2, 0.25) is 5.82 Å². The number of nitrogens with zero attached hydrogens (tertiary/aromatic N) is 3. The molecule has 1 aromatic carbocycles. The smallest absolute Gasteiger partial charge is 0.294 e. The highest BCUT2D eigenvalue weighted by atomic mass is 35.5. The molecule has 0 bridgehead atoms. The van der Waals surface area contributed by atoms with Crippen LogP contribution in [0.15, 0.2) is 30.5 Å². The minimum atomic E-state index is -0.660.